The van der Waals surface area contributed by atoms with Gasteiger partial charge in [-0.25, -0.2) is 4.39 Å². The maximum atomic E-state index is 15.8. The average molecular weight is 777 g/mol. The minimum absolute atomic E-state index is 0.0632. The van der Waals surface area contributed by atoms with Crippen LogP contribution in [0.4, 0.5) is 23.2 Å². The van der Waals surface area contributed by atoms with E-state index in [1.165, 1.54) is 36.1 Å². The molecule has 3 amide bonds. The molecule has 1 atom stereocenters. The van der Waals surface area contributed by atoms with Crippen molar-refractivity contribution in [2.24, 2.45) is 13.0 Å². The number of nitrogens with zero attached hydrogens (tertiary/aromatic N) is 4. The van der Waals surface area contributed by atoms with Crippen LogP contribution in [0.25, 0.3) is 21.9 Å². The smallest absolute Gasteiger partial charge is 0.416 e. The van der Waals surface area contributed by atoms with E-state index in [4.69, 9.17) is 4.74 Å². The molecule has 0 aliphatic carbocycles. The number of ether oxygens (including phenoxy) is 1. The lowest BCUT2D eigenvalue weighted by Gasteiger charge is -2.36. The lowest BCUT2D eigenvalue weighted by molar-refractivity contribution is -0.139. The number of nitrogens with one attached hydrogen (secondary N) is 2. The number of aryl methyl sites for hydroxylation is 1. The first kappa shape index (κ1) is 38.9. The number of imide groups is 1. The third-order valence-corrected chi connectivity index (χ3v) is 11.5. The molecule has 2 aromatic heterocycles. The van der Waals surface area contributed by atoms with Crippen molar-refractivity contribution in [1.82, 2.24) is 24.7 Å². The monoisotopic (exact) mass is 776 g/mol. The van der Waals surface area contributed by atoms with Crippen LogP contribution in [0.5, 0.6) is 5.75 Å². The predicted octanol–water partition coefficient (Wildman–Crippen LogP) is 5.64. The van der Waals surface area contributed by atoms with E-state index in [0.717, 1.165) is 18.9 Å². The summed E-state index contributed by atoms with van der Waals surface area (Å²) < 4.78 is 65.7. The van der Waals surface area contributed by atoms with Crippen molar-refractivity contribution in [2.45, 2.75) is 63.1 Å². The number of alkyl halides is 3. The number of fused-ring (bicyclic) bond motifs is 1. The van der Waals surface area contributed by atoms with Gasteiger partial charge in [0.2, 0.25) is 17.7 Å². The highest BCUT2D eigenvalue weighted by molar-refractivity contribution is 6.01. The predicted molar refractivity (Wildman–Crippen MR) is 202 cm³/mol. The van der Waals surface area contributed by atoms with Crippen molar-refractivity contribution in [3.8, 4) is 16.9 Å². The van der Waals surface area contributed by atoms with Gasteiger partial charge in [-0.1, -0.05) is 6.07 Å². The Hall–Kier alpha value is -5.31. The van der Waals surface area contributed by atoms with Crippen LogP contribution in [0.3, 0.4) is 0 Å². The fraction of sp³-hybridized carbons (Fsp3) is 0.439. The maximum Gasteiger partial charge on any atom is 0.416 e. The third-order valence-electron chi connectivity index (χ3n) is 11.5. The molecule has 0 radical (unpaired) electrons. The molecule has 0 spiro atoms. The van der Waals surface area contributed by atoms with Gasteiger partial charge in [-0.2, -0.15) is 13.2 Å². The molecule has 3 saturated heterocycles. The number of piperidine rings is 3. The van der Waals surface area contributed by atoms with Gasteiger partial charge in [-0.3, -0.25) is 34.4 Å². The second kappa shape index (κ2) is 16.0. The molecule has 2 aromatic carbocycles. The number of hydrogen-bond acceptors (Lipinski definition) is 8. The van der Waals surface area contributed by atoms with E-state index in [-0.39, 0.29) is 53.9 Å². The van der Waals surface area contributed by atoms with Crippen molar-refractivity contribution in [1.29, 1.82) is 0 Å². The van der Waals surface area contributed by atoms with Gasteiger partial charge in [0, 0.05) is 62.0 Å². The Bertz CT molecular complexity index is 2210. The molecule has 0 saturated carbocycles. The Morgan fingerprint density at radius 3 is 2.43 bits per heavy atom. The summed E-state index contributed by atoms with van der Waals surface area (Å²) in [7, 11) is 3.16. The molecule has 3 aliphatic rings. The van der Waals surface area contributed by atoms with E-state index < -0.39 is 35.4 Å². The van der Waals surface area contributed by atoms with Crippen molar-refractivity contribution in [3.05, 3.63) is 87.9 Å². The summed E-state index contributed by atoms with van der Waals surface area (Å²) in [6.45, 7) is 2.20. The molecule has 15 heteroatoms. The molecule has 3 fully saturated rings. The largest absolute Gasteiger partial charge is 0.496 e. The fourth-order valence-corrected chi connectivity index (χ4v) is 8.34. The SMILES string of the molecule is COc1cc(-c2cn(C)c(=O)c3cnccc23)cc(F)c1CC1CCN(CC(=O)N2CCC(c3ccc(NC4CCC(=O)NC4=O)cc3C(F)(F)F)CC2)CC1. The highest BCUT2D eigenvalue weighted by Gasteiger charge is 2.37. The van der Waals surface area contributed by atoms with Gasteiger partial charge in [0.1, 0.15) is 17.6 Å². The van der Waals surface area contributed by atoms with E-state index in [1.54, 1.807) is 36.5 Å². The third kappa shape index (κ3) is 8.27. The number of carbonyl (C=O) groups is 3. The summed E-state index contributed by atoms with van der Waals surface area (Å²) >= 11 is 0. The zero-order valence-corrected chi connectivity index (χ0v) is 31.3. The van der Waals surface area contributed by atoms with Crippen molar-refractivity contribution >= 4 is 34.2 Å². The van der Waals surface area contributed by atoms with E-state index in [2.05, 4.69) is 20.5 Å². The second-order valence-electron chi connectivity index (χ2n) is 15.0. The molecular formula is C41H44F4N6O5. The highest BCUT2D eigenvalue weighted by Crippen LogP contribution is 2.41. The molecular weight excluding hydrogens is 732 g/mol. The summed E-state index contributed by atoms with van der Waals surface area (Å²) in [6.07, 6.45) is 3.24. The van der Waals surface area contributed by atoms with Crippen LogP contribution in [0.15, 0.2) is 59.8 Å². The molecule has 7 rings (SSSR count). The van der Waals surface area contributed by atoms with Crippen LogP contribution < -0.4 is 20.9 Å². The number of benzene rings is 2. The molecule has 11 nitrogen and oxygen atoms in total. The number of anilines is 1. The summed E-state index contributed by atoms with van der Waals surface area (Å²) in [4.78, 5) is 57.5. The maximum absolute atomic E-state index is 15.8. The van der Waals surface area contributed by atoms with Gasteiger partial charge < -0.3 is 19.5 Å². The Morgan fingerprint density at radius 2 is 1.73 bits per heavy atom. The number of rotatable bonds is 9. The lowest BCUT2D eigenvalue weighted by atomic mass is 9.86. The van der Waals surface area contributed by atoms with Crippen LogP contribution in [0.2, 0.25) is 0 Å². The Kier molecular flexibility index (Phi) is 11.2. The van der Waals surface area contributed by atoms with Crippen molar-refractivity contribution in [2.75, 3.05) is 45.2 Å². The summed E-state index contributed by atoms with van der Waals surface area (Å²) in [6, 6.07) is 8.23. The van der Waals surface area contributed by atoms with E-state index >= 15 is 4.39 Å². The van der Waals surface area contributed by atoms with Crippen molar-refractivity contribution in [3.63, 3.8) is 0 Å². The van der Waals surface area contributed by atoms with Crippen LogP contribution in [0, 0.1) is 11.7 Å². The number of pyridine rings is 2. The van der Waals surface area contributed by atoms with Crippen LogP contribution in [0.1, 0.15) is 61.1 Å². The Labute approximate surface area is 321 Å². The minimum atomic E-state index is -4.62. The molecule has 4 aromatic rings. The first-order chi connectivity index (χ1) is 26.8. The van der Waals surface area contributed by atoms with Crippen LogP contribution in [-0.2, 0) is 34.0 Å². The number of methoxy groups -OCH3 is 1. The number of carbonyl (C=O) groups excluding carboxylic acids is 3. The van der Waals surface area contributed by atoms with Gasteiger partial charge in [-0.15, -0.1) is 0 Å². The molecule has 3 aliphatic heterocycles. The van der Waals surface area contributed by atoms with Gasteiger partial charge in [0.05, 0.1) is 24.6 Å². The zero-order valence-electron chi connectivity index (χ0n) is 31.3. The molecule has 2 N–H and O–H groups in total. The van der Waals surface area contributed by atoms with E-state index in [9.17, 15) is 32.3 Å². The number of amides is 3. The highest BCUT2D eigenvalue weighted by atomic mass is 19.4. The van der Waals surface area contributed by atoms with Crippen molar-refractivity contribution < 1.29 is 36.7 Å². The summed E-state index contributed by atoms with van der Waals surface area (Å²) in [5.41, 5.74) is 1.12. The van der Waals surface area contributed by atoms with Gasteiger partial charge in [-0.05, 0) is 110 Å². The van der Waals surface area contributed by atoms with Gasteiger partial charge >= 0.3 is 6.18 Å². The Balaban J connectivity index is 0.929. The van der Waals surface area contributed by atoms with Gasteiger partial charge in [0.15, 0.2) is 0 Å². The number of hydrogen-bond donors (Lipinski definition) is 2. The normalized spacial score (nSPS) is 19.0. The first-order valence-electron chi connectivity index (χ1n) is 18.9. The zero-order chi connectivity index (χ0) is 39.7. The number of aromatic nitrogens is 2. The fourth-order valence-electron chi connectivity index (χ4n) is 8.34. The van der Waals surface area contributed by atoms with E-state index in [0.29, 0.717) is 78.7 Å². The topological polar surface area (TPSA) is 126 Å². The molecule has 296 valence electrons. The molecule has 5 heterocycles. The van der Waals surface area contributed by atoms with E-state index in [1.807, 2.05) is 0 Å². The standard InChI is InChI=1S/C41H44F4N6O5/c1-49-22-32(29-7-12-46-21-31(29)40(49)55)26-18-34(42)30(36(19-26)56-2)17-24-8-13-50(14-9-24)23-38(53)51-15-10-25(11-16-51)28-4-3-27(20-33(28)41(43,44)45)47-35-5-6-37(52)48-39(35)54/h3-4,7,12,18-22,24-25,35,47H,5-6,8-11,13-17,23H2,1-2H3,(H,48,52,54). The minimum Gasteiger partial charge on any atom is -0.496 e. The summed E-state index contributed by atoms with van der Waals surface area (Å²) in [5, 5.41) is 6.15. The first-order valence-corrected chi connectivity index (χ1v) is 18.9. The van der Waals surface area contributed by atoms with Crippen LogP contribution in [-0.4, -0.2) is 82.9 Å². The quantitative estimate of drug-likeness (QED) is 0.165. The number of halogens is 4. The average Bonchev–Trinajstić information content (AvgIpc) is 3.18. The molecule has 56 heavy (non-hydrogen) atoms. The van der Waals surface area contributed by atoms with Crippen LogP contribution >= 0.6 is 0 Å². The summed E-state index contributed by atoms with van der Waals surface area (Å²) in [5.74, 6) is -1.21. The molecule has 1 unspecified atom stereocenters. The molecule has 0 bridgehead atoms. The second-order valence-corrected chi connectivity index (χ2v) is 15.0. The number of likely N-dealkylation sites (tertiary alicyclic amines) is 2. The lowest BCUT2D eigenvalue weighted by Crippen LogP contribution is -2.47. The Morgan fingerprint density at radius 1 is 0.982 bits per heavy atom. The van der Waals surface area contributed by atoms with Gasteiger partial charge in [0.25, 0.3) is 5.56 Å².